The van der Waals surface area contributed by atoms with Gasteiger partial charge in [0.1, 0.15) is 11.4 Å². The molecule has 0 amide bonds. The molecular weight excluding hydrogens is 503 g/mol. The molecule has 0 bridgehead atoms. The number of hydrogen-bond acceptors (Lipinski definition) is 4. The summed E-state index contributed by atoms with van der Waals surface area (Å²) in [5, 5.41) is 17.2. The van der Waals surface area contributed by atoms with Gasteiger partial charge in [-0.3, -0.25) is 4.90 Å². The van der Waals surface area contributed by atoms with Crippen molar-refractivity contribution in [3.05, 3.63) is 59.5 Å². The largest absolute Gasteiger partial charge is 0.466 e. The summed E-state index contributed by atoms with van der Waals surface area (Å²) in [6.45, 7) is 9.90. The zero-order valence-corrected chi connectivity index (χ0v) is 21.3. The maximum Gasteiger partial charge on any atom is 0.191 e. The molecule has 0 saturated carbocycles. The van der Waals surface area contributed by atoms with Crippen LogP contribution in [0.1, 0.15) is 56.9 Å². The van der Waals surface area contributed by atoms with Crippen molar-refractivity contribution in [2.75, 3.05) is 19.6 Å². The second kappa shape index (κ2) is 12.5. The number of guanidine groups is 1. The van der Waals surface area contributed by atoms with E-state index in [0.717, 1.165) is 13.1 Å². The number of nitrogens with zero attached hydrogens (tertiary/aromatic N) is 2. The van der Waals surface area contributed by atoms with Gasteiger partial charge in [0.25, 0.3) is 0 Å². The lowest BCUT2D eigenvalue weighted by molar-refractivity contribution is 0.0386. The molecule has 1 aromatic carbocycles. The monoisotopic (exact) mass is 540 g/mol. The number of aliphatic hydroxyl groups is 1. The molecule has 1 aromatic heterocycles. The molecule has 31 heavy (non-hydrogen) atoms. The second-order valence-electron chi connectivity index (χ2n) is 8.38. The SMILES string of the molecule is CCNC(=NCc1ccccc1CN1CCCCC1C)NCC(C)(O)c1ccco1.I. The van der Waals surface area contributed by atoms with E-state index in [0.29, 0.717) is 30.9 Å². The number of nitrogens with one attached hydrogen (secondary N) is 2. The molecule has 2 atom stereocenters. The van der Waals surface area contributed by atoms with Gasteiger partial charge >= 0.3 is 0 Å². The topological polar surface area (TPSA) is 73.0 Å². The average molecular weight is 540 g/mol. The summed E-state index contributed by atoms with van der Waals surface area (Å²) in [6, 6.07) is 12.8. The summed E-state index contributed by atoms with van der Waals surface area (Å²) in [5.41, 5.74) is 1.47. The fourth-order valence-electron chi connectivity index (χ4n) is 3.91. The van der Waals surface area contributed by atoms with E-state index >= 15 is 0 Å². The average Bonchev–Trinajstić information content (AvgIpc) is 3.29. The fourth-order valence-corrected chi connectivity index (χ4v) is 3.91. The van der Waals surface area contributed by atoms with Crippen LogP contribution in [0.3, 0.4) is 0 Å². The van der Waals surface area contributed by atoms with Crippen molar-refractivity contribution in [2.24, 2.45) is 4.99 Å². The fraction of sp³-hybridized carbons (Fsp3) is 0.542. The maximum atomic E-state index is 10.7. The number of hydrogen-bond donors (Lipinski definition) is 3. The van der Waals surface area contributed by atoms with Crippen molar-refractivity contribution >= 4 is 29.9 Å². The number of likely N-dealkylation sites (tertiary alicyclic amines) is 1. The van der Waals surface area contributed by atoms with Crippen LogP contribution in [0.25, 0.3) is 0 Å². The van der Waals surface area contributed by atoms with E-state index in [2.05, 4.69) is 46.7 Å². The Morgan fingerprint density at radius 1 is 1.19 bits per heavy atom. The van der Waals surface area contributed by atoms with Crippen molar-refractivity contribution in [1.82, 2.24) is 15.5 Å². The van der Waals surface area contributed by atoms with E-state index in [9.17, 15) is 5.11 Å². The van der Waals surface area contributed by atoms with E-state index in [-0.39, 0.29) is 24.0 Å². The Balaban J connectivity index is 0.00000341. The van der Waals surface area contributed by atoms with Gasteiger partial charge in [-0.1, -0.05) is 30.7 Å². The minimum atomic E-state index is -1.11. The highest BCUT2D eigenvalue weighted by molar-refractivity contribution is 14.0. The maximum absolute atomic E-state index is 10.7. The van der Waals surface area contributed by atoms with Crippen molar-refractivity contribution in [3.8, 4) is 0 Å². The molecule has 1 aliphatic heterocycles. The zero-order valence-electron chi connectivity index (χ0n) is 18.9. The third-order valence-electron chi connectivity index (χ3n) is 5.84. The molecule has 2 unspecified atom stereocenters. The van der Waals surface area contributed by atoms with Gasteiger partial charge in [0.05, 0.1) is 19.4 Å². The summed E-state index contributed by atoms with van der Waals surface area (Å²) in [4.78, 5) is 7.35. The zero-order chi connectivity index (χ0) is 21.4. The molecular formula is C24H37IN4O2. The first-order chi connectivity index (χ1) is 14.5. The molecule has 172 valence electrons. The van der Waals surface area contributed by atoms with Gasteiger partial charge in [-0.25, -0.2) is 4.99 Å². The minimum absolute atomic E-state index is 0. The van der Waals surface area contributed by atoms with Crippen molar-refractivity contribution in [3.63, 3.8) is 0 Å². The Bertz CT molecular complexity index is 808. The second-order valence-corrected chi connectivity index (χ2v) is 8.38. The van der Waals surface area contributed by atoms with Crippen LogP contribution in [0.5, 0.6) is 0 Å². The first-order valence-electron chi connectivity index (χ1n) is 11.1. The van der Waals surface area contributed by atoms with Crippen LogP contribution >= 0.6 is 24.0 Å². The Kier molecular flexibility index (Phi) is 10.3. The molecule has 1 fully saturated rings. The third-order valence-corrected chi connectivity index (χ3v) is 5.84. The van der Waals surface area contributed by atoms with Crippen LogP contribution < -0.4 is 10.6 Å². The molecule has 0 aliphatic carbocycles. The molecule has 1 saturated heterocycles. The van der Waals surface area contributed by atoms with Crippen molar-refractivity contribution < 1.29 is 9.52 Å². The van der Waals surface area contributed by atoms with Gasteiger partial charge in [-0.15, -0.1) is 24.0 Å². The lowest BCUT2D eigenvalue weighted by atomic mass is 10.0. The normalized spacial score (nSPS) is 19.4. The van der Waals surface area contributed by atoms with Gasteiger partial charge in [0.15, 0.2) is 5.96 Å². The summed E-state index contributed by atoms with van der Waals surface area (Å²) in [6.07, 6.45) is 5.48. The van der Waals surface area contributed by atoms with Gasteiger partial charge in [0, 0.05) is 19.1 Å². The predicted octanol–water partition coefficient (Wildman–Crippen LogP) is 4.23. The first kappa shape index (κ1) is 25.7. The highest BCUT2D eigenvalue weighted by Gasteiger charge is 2.26. The third kappa shape index (κ3) is 7.50. The summed E-state index contributed by atoms with van der Waals surface area (Å²) >= 11 is 0. The molecule has 0 radical (unpaired) electrons. The van der Waals surface area contributed by atoms with Gasteiger partial charge in [0.2, 0.25) is 0 Å². The summed E-state index contributed by atoms with van der Waals surface area (Å²) < 4.78 is 5.36. The van der Waals surface area contributed by atoms with Crippen LogP contribution in [0.2, 0.25) is 0 Å². The van der Waals surface area contributed by atoms with Crippen LogP contribution in [0.4, 0.5) is 0 Å². The summed E-state index contributed by atoms with van der Waals surface area (Å²) in [7, 11) is 0. The molecule has 7 heteroatoms. The van der Waals surface area contributed by atoms with Crippen LogP contribution in [0, 0.1) is 0 Å². The molecule has 2 heterocycles. The van der Waals surface area contributed by atoms with E-state index in [1.165, 1.54) is 36.9 Å². The van der Waals surface area contributed by atoms with Crippen LogP contribution in [0.15, 0.2) is 52.1 Å². The van der Waals surface area contributed by atoms with Gasteiger partial charge in [-0.05, 0) is 63.4 Å². The molecule has 6 nitrogen and oxygen atoms in total. The number of halogens is 1. The van der Waals surface area contributed by atoms with E-state index in [4.69, 9.17) is 9.41 Å². The predicted molar refractivity (Wildman–Crippen MR) is 137 cm³/mol. The van der Waals surface area contributed by atoms with Crippen molar-refractivity contribution in [2.45, 2.75) is 64.8 Å². The molecule has 0 spiro atoms. The number of aliphatic imine (C=N–C) groups is 1. The lowest BCUT2D eigenvalue weighted by Gasteiger charge is -2.33. The Morgan fingerprint density at radius 2 is 1.97 bits per heavy atom. The van der Waals surface area contributed by atoms with Gasteiger partial charge < -0.3 is 20.2 Å². The first-order valence-corrected chi connectivity index (χ1v) is 11.1. The lowest BCUT2D eigenvalue weighted by Crippen LogP contribution is -2.44. The number of rotatable bonds is 8. The van der Waals surface area contributed by atoms with E-state index in [1.54, 1.807) is 25.3 Å². The quantitative estimate of drug-likeness (QED) is 0.266. The van der Waals surface area contributed by atoms with Gasteiger partial charge in [-0.2, -0.15) is 0 Å². The van der Waals surface area contributed by atoms with Crippen LogP contribution in [-0.4, -0.2) is 41.6 Å². The molecule has 3 N–H and O–H groups in total. The molecule has 3 rings (SSSR count). The summed E-state index contributed by atoms with van der Waals surface area (Å²) in [5.74, 6) is 1.22. The van der Waals surface area contributed by atoms with Crippen molar-refractivity contribution in [1.29, 1.82) is 0 Å². The Hall–Kier alpha value is -1.58. The number of benzene rings is 1. The molecule has 1 aliphatic rings. The smallest absolute Gasteiger partial charge is 0.191 e. The standard InChI is InChI=1S/C24H36N4O2.HI/c1-4-25-23(27-18-24(3,29)22-13-9-15-30-22)26-16-20-11-5-6-12-21(20)17-28-14-8-7-10-19(28)2;/h5-6,9,11-13,15,19,29H,4,7-8,10,14,16-18H2,1-3H3,(H2,25,26,27);1H. The van der Waals surface area contributed by atoms with E-state index < -0.39 is 5.60 Å². The Morgan fingerprint density at radius 3 is 2.65 bits per heavy atom. The highest BCUT2D eigenvalue weighted by atomic mass is 127. The minimum Gasteiger partial charge on any atom is -0.466 e. The van der Waals surface area contributed by atoms with Crippen LogP contribution in [-0.2, 0) is 18.7 Å². The number of piperidine rings is 1. The highest BCUT2D eigenvalue weighted by Crippen LogP contribution is 2.22. The Labute approximate surface area is 203 Å². The molecule has 2 aromatic rings. The number of furan rings is 1. The van der Waals surface area contributed by atoms with E-state index in [1.807, 2.05) is 6.92 Å².